The van der Waals surface area contributed by atoms with Gasteiger partial charge in [0.1, 0.15) is 6.04 Å². The number of aliphatic carboxylic acids is 1. The summed E-state index contributed by atoms with van der Waals surface area (Å²) in [6, 6.07) is -1.42. The number of carbonyl (C=O) groups excluding carboxylic acids is 1. The molecule has 0 radical (unpaired) electrons. The van der Waals surface area contributed by atoms with Crippen LogP contribution in [0.5, 0.6) is 0 Å². The minimum Gasteiger partial charge on any atom is -0.480 e. The molecule has 0 spiro atoms. The predicted molar refractivity (Wildman–Crippen MR) is 58.4 cm³/mol. The lowest BCUT2D eigenvalue weighted by molar-refractivity contribution is -0.148. The van der Waals surface area contributed by atoms with Crippen molar-refractivity contribution in [3.8, 4) is 0 Å². The molecule has 0 aromatic rings. The number of carbonyl (C=O) groups is 2. The Labute approximate surface area is 92.3 Å². The van der Waals surface area contributed by atoms with E-state index in [4.69, 9.17) is 10.8 Å². The van der Waals surface area contributed by atoms with Crippen LogP contribution in [0.15, 0.2) is 12.7 Å². The highest BCUT2D eigenvalue weighted by Crippen LogP contribution is 2.21. The Hall–Kier alpha value is -1.01. The summed E-state index contributed by atoms with van der Waals surface area (Å²) in [5.74, 6) is -0.450. The van der Waals surface area contributed by atoms with Crippen molar-refractivity contribution in [2.45, 2.75) is 18.5 Å². The number of nitrogens with zero attached hydrogens (tertiary/aromatic N) is 1. The van der Waals surface area contributed by atoms with Gasteiger partial charge in [-0.25, -0.2) is 4.79 Å². The van der Waals surface area contributed by atoms with Gasteiger partial charge in [0.05, 0.1) is 11.9 Å². The van der Waals surface area contributed by atoms with Crippen LogP contribution in [0.3, 0.4) is 0 Å². The van der Waals surface area contributed by atoms with Gasteiger partial charge >= 0.3 is 5.97 Å². The van der Waals surface area contributed by atoms with Crippen molar-refractivity contribution in [3.63, 3.8) is 0 Å². The summed E-state index contributed by atoms with van der Waals surface area (Å²) >= 11 is 1.43. The van der Waals surface area contributed by atoms with Gasteiger partial charge in [-0.05, 0) is 6.42 Å². The highest BCUT2D eigenvalue weighted by atomic mass is 32.2. The number of hydrogen-bond acceptors (Lipinski definition) is 4. The molecular weight excluding hydrogens is 216 g/mol. The van der Waals surface area contributed by atoms with E-state index >= 15 is 0 Å². The third-order valence-corrected chi connectivity index (χ3v) is 3.20. The molecule has 0 aromatic heterocycles. The van der Waals surface area contributed by atoms with E-state index in [1.165, 1.54) is 16.7 Å². The number of amides is 1. The van der Waals surface area contributed by atoms with Crippen molar-refractivity contribution in [1.82, 2.24) is 4.90 Å². The first-order chi connectivity index (χ1) is 7.07. The van der Waals surface area contributed by atoms with Crippen LogP contribution in [-0.2, 0) is 9.59 Å². The minimum atomic E-state index is -0.973. The van der Waals surface area contributed by atoms with E-state index < -0.39 is 18.1 Å². The van der Waals surface area contributed by atoms with Crippen LogP contribution in [0, 0.1) is 0 Å². The zero-order chi connectivity index (χ0) is 11.4. The molecular formula is C9H14N2O3S. The Balaban J connectivity index is 2.65. The molecule has 1 aliphatic heterocycles. The van der Waals surface area contributed by atoms with Gasteiger partial charge in [-0.15, -0.1) is 18.3 Å². The lowest BCUT2D eigenvalue weighted by Gasteiger charge is -2.23. The molecule has 84 valence electrons. The smallest absolute Gasteiger partial charge is 0.327 e. The molecule has 1 heterocycles. The minimum absolute atomic E-state index is 0.313. The fourth-order valence-corrected chi connectivity index (χ4v) is 2.51. The van der Waals surface area contributed by atoms with Crippen LogP contribution in [0.4, 0.5) is 0 Å². The van der Waals surface area contributed by atoms with Gasteiger partial charge in [0.25, 0.3) is 0 Å². The van der Waals surface area contributed by atoms with E-state index in [0.29, 0.717) is 18.1 Å². The maximum atomic E-state index is 11.7. The van der Waals surface area contributed by atoms with Crippen molar-refractivity contribution in [2.75, 3.05) is 11.6 Å². The van der Waals surface area contributed by atoms with Crippen molar-refractivity contribution >= 4 is 23.6 Å². The second kappa shape index (κ2) is 5.18. The summed E-state index contributed by atoms with van der Waals surface area (Å²) in [5.41, 5.74) is 5.61. The molecule has 0 aliphatic carbocycles. The Morgan fingerprint density at radius 3 is 2.93 bits per heavy atom. The monoisotopic (exact) mass is 230 g/mol. The third-order valence-electron chi connectivity index (χ3n) is 2.19. The molecule has 15 heavy (non-hydrogen) atoms. The first-order valence-corrected chi connectivity index (χ1v) is 5.71. The van der Waals surface area contributed by atoms with Crippen LogP contribution in [-0.4, -0.2) is 45.6 Å². The van der Waals surface area contributed by atoms with Gasteiger partial charge in [-0.2, -0.15) is 0 Å². The van der Waals surface area contributed by atoms with E-state index in [1.807, 2.05) is 0 Å². The summed E-state index contributed by atoms with van der Waals surface area (Å²) in [7, 11) is 0. The average molecular weight is 230 g/mol. The SMILES string of the molecule is C=CCC(N)C(=O)N1CSC[C@H]1C(=O)O. The summed E-state index contributed by atoms with van der Waals surface area (Å²) in [5, 5.41) is 8.88. The quantitative estimate of drug-likeness (QED) is 0.658. The van der Waals surface area contributed by atoms with Crippen LogP contribution in [0.1, 0.15) is 6.42 Å². The van der Waals surface area contributed by atoms with Crippen molar-refractivity contribution in [2.24, 2.45) is 5.73 Å². The van der Waals surface area contributed by atoms with Crippen LogP contribution in [0.2, 0.25) is 0 Å². The second-order valence-corrected chi connectivity index (χ2v) is 4.29. The highest BCUT2D eigenvalue weighted by molar-refractivity contribution is 7.99. The van der Waals surface area contributed by atoms with Crippen LogP contribution < -0.4 is 5.73 Å². The van der Waals surface area contributed by atoms with E-state index in [2.05, 4.69) is 6.58 Å². The Morgan fingerprint density at radius 2 is 2.40 bits per heavy atom. The summed E-state index contributed by atoms with van der Waals surface area (Å²) in [6.45, 7) is 3.49. The second-order valence-electron chi connectivity index (χ2n) is 3.29. The fourth-order valence-electron chi connectivity index (χ4n) is 1.36. The van der Waals surface area contributed by atoms with Gasteiger partial charge in [0.2, 0.25) is 5.91 Å². The Kier molecular flexibility index (Phi) is 4.16. The first kappa shape index (κ1) is 12.1. The fraction of sp³-hybridized carbons (Fsp3) is 0.556. The molecule has 5 nitrogen and oxygen atoms in total. The molecule has 1 unspecified atom stereocenters. The lowest BCUT2D eigenvalue weighted by atomic mass is 10.1. The molecule has 6 heteroatoms. The molecule has 1 aliphatic rings. The van der Waals surface area contributed by atoms with E-state index in [0.717, 1.165) is 0 Å². The van der Waals surface area contributed by atoms with Crippen LogP contribution in [0.25, 0.3) is 0 Å². The van der Waals surface area contributed by atoms with E-state index in [-0.39, 0.29) is 5.91 Å². The largest absolute Gasteiger partial charge is 0.480 e. The summed E-state index contributed by atoms with van der Waals surface area (Å²) in [4.78, 5) is 23.9. The molecule has 1 fully saturated rings. The zero-order valence-corrected chi connectivity index (χ0v) is 9.07. The molecule has 3 N–H and O–H groups in total. The number of carboxylic acid groups (broad SMARTS) is 1. The number of hydrogen-bond donors (Lipinski definition) is 2. The summed E-state index contributed by atoms with van der Waals surface area (Å²) in [6.07, 6.45) is 1.92. The molecule has 2 atom stereocenters. The van der Waals surface area contributed by atoms with Crippen molar-refractivity contribution < 1.29 is 14.7 Å². The Bertz CT molecular complexity index is 283. The molecule has 1 rings (SSSR count). The standard InChI is InChI=1S/C9H14N2O3S/c1-2-3-6(10)8(12)11-5-15-4-7(11)9(13)14/h2,6-7H,1,3-5,10H2,(H,13,14)/t6?,7-/m0/s1. The van der Waals surface area contributed by atoms with Crippen molar-refractivity contribution in [1.29, 1.82) is 0 Å². The molecule has 1 amide bonds. The summed E-state index contributed by atoms with van der Waals surface area (Å²) < 4.78 is 0. The van der Waals surface area contributed by atoms with Gasteiger partial charge in [0.15, 0.2) is 0 Å². The van der Waals surface area contributed by atoms with Gasteiger partial charge < -0.3 is 15.7 Å². The van der Waals surface area contributed by atoms with E-state index in [9.17, 15) is 9.59 Å². The number of nitrogens with two attached hydrogens (primary N) is 1. The predicted octanol–water partition coefficient (Wildman–Crippen LogP) is -0.124. The van der Waals surface area contributed by atoms with E-state index in [1.54, 1.807) is 6.08 Å². The topological polar surface area (TPSA) is 83.6 Å². The van der Waals surface area contributed by atoms with Crippen molar-refractivity contribution in [3.05, 3.63) is 12.7 Å². The van der Waals surface area contributed by atoms with Gasteiger partial charge in [-0.3, -0.25) is 4.79 Å². The average Bonchev–Trinajstić information content (AvgIpc) is 2.65. The molecule has 0 aromatic carbocycles. The maximum absolute atomic E-state index is 11.7. The number of carboxylic acids is 1. The Morgan fingerprint density at radius 1 is 1.73 bits per heavy atom. The first-order valence-electron chi connectivity index (χ1n) is 4.55. The number of thioether (sulfide) groups is 1. The molecule has 0 saturated carbocycles. The highest BCUT2D eigenvalue weighted by Gasteiger charge is 2.36. The van der Waals surface area contributed by atoms with Gasteiger partial charge in [-0.1, -0.05) is 6.08 Å². The van der Waals surface area contributed by atoms with Crippen LogP contribution >= 0.6 is 11.8 Å². The van der Waals surface area contributed by atoms with Gasteiger partial charge in [0, 0.05) is 5.75 Å². The molecule has 1 saturated heterocycles. The normalized spacial score (nSPS) is 22.5. The zero-order valence-electron chi connectivity index (χ0n) is 8.26. The molecule has 0 bridgehead atoms. The maximum Gasteiger partial charge on any atom is 0.327 e. The lowest BCUT2D eigenvalue weighted by Crippen LogP contribution is -2.49. The number of rotatable bonds is 4. The third kappa shape index (κ3) is 2.73.